The number of nitrogens with zero attached hydrogens (tertiary/aromatic N) is 1. The molecule has 0 aliphatic rings. The predicted molar refractivity (Wildman–Crippen MR) is 83.9 cm³/mol. The van der Waals surface area contributed by atoms with Crippen LogP contribution in [0.15, 0.2) is 48.7 Å². The van der Waals surface area contributed by atoms with Gasteiger partial charge in [-0.25, -0.2) is 9.78 Å². The number of hydrogen-bond acceptors (Lipinski definition) is 5. The van der Waals surface area contributed by atoms with E-state index in [1.54, 1.807) is 0 Å². The van der Waals surface area contributed by atoms with Gasteiger partial charge in [0.15, 0.2) is 5.69 Å². The van der Waals surface area contributed by atoms with Gasteiger partial charge in [-0.3, -0.25) is 4.79 Å². The van der Waals surface area contributed by atoms with Crippen molar-refractivity contribution in [2.45, 2.75) is 18.9 Å². The van der Waals surface area contributed by atoms with Crippen molar-refractivity contribution in [3.8, 4) is 5.75 Å². The van der Waals surface area contributed by atoms with E-state index in [1.807, 2.05) is 30.3 Å². The van der Waals surface area contributed by atoms with Crippen LogP contribution in [-0.2, 0) is 16.0 Å². The van der Waals surface area contributed by atoms with Gasteiger partial charge in [-0.1, -0.05) is 30.3 Å². The van der Waals surface area contributed by atoms with Crippen molar-refractivity contribution in [3.63, 3.8) is 0 Å². The number of carbonyl (C=O) groups is 2. The maximum atomic E-state index is 12.2. The molecule has 1 aromatic heterocycles. The van der Waals surface area contributed by atoms with Gasteiger partial charge in [-0.05, 0) is 30.5 Å². The number of methoxy groups -OCH3 is 1. The minimum absolute atomic E-state index is 0.124. The van der Waals surface area contributed by atoms with Crippen molar-refractivity contribution in [1.29, 1.82) is 0 Å². The van der Waals surface area contributed by atoms with Crippen molar-refractivity contribution >= 4 is 11.9 Å². The third kappa shape index (κ3) is 4.54. The molecule has 0 aliphatic heterocycles. The van der Waals surface area contributed by atoms with Crippen LogP contribution in [-0.4, -0.2) is 35.1 Å². The van der Waals surface area contributed by atoms with Gasteiger partial charge in [0.25, 0.3) is 5.91 Å². The van der Waals surface area contributed by atoms with Crippen LogP contribution in [0.1, 0.15) is 22.5 Å². The first-order valence-electron chi connectivity index (χ1n) is 7.18. The van der Waals surface area contributed by atoms with Crippen molar-refractivity contribution in [1.82, 2.24) is 10.3 Å². The van der Waals surface area contributed by atoms with Gasteiger partial charge < -0.3 is 15.2 Å². The zero-order chi connectivity index (χ0) is 16.7. The molecule has 0 spiro atoms. The topological polar surface area (TPSA) is 88.5 Å². The van der Waals surface area contributed by atoms with Crippen LogP contribution < -0.4 is 5.32 Å². The Morgan fingerprint density at radius 1 is 1.22 bits per heavy atom. The highest BCUT2D eigenvalue weighted by Crippen LogP contribution is 2.13. The second-order valence-electron chi connectivity index (χ2n) is 4.94. The third-order valence-electron chi connectivity index (χ3n) is 3.36. The molecule has 0 saturated heterocycles. The van der Waals surface area contributed by atoms with E-state index in [9.17, 15) is 14.7 Å². The van der Waals surface area contributed by atoms with E-state index in [4.69, 9.17) is 4.74 Å². The summed E-state index contributed by atoms with van der Waals surface area (Å²) >= 11 is 0. The van der Waals surface area contributed by atoms with Gasteiger partial charge in [-0.15, -0.1) is 0 Å². The lowest BCUT2D eigenvalue weighted by Crippen LogP contribution is -2.42. The molecule has 0 radical (unpaired) electrons. The smallest absolute Gasteiger partial charge is 0.328 e. The Morgan fingerprint density at radius 2 is 1.96 bits per heavy atom. The second kappa shape index (κ2) is 7.93. The molecule has 2 rings (SSSR count). The van der Waals surface area contributed by atoms with Crippen LogP contribution in [0.3, 0.4) is 0 Å². The van der Waals surface area contributed by atoms with Crippen molar-refractivity contribution in [2.24, 2.45) is 0 Å². The van der Waals surface area contributed by atoms with Crippen LogP contribution in [0, 0.1) is 0 Å². The lowest BCUT2D eigenvalue weighted by Gasteiger charge is -2.16. The highest BCUT2D eigenvalue weighted by atomic mass is 16.5. The molecular formula is C17H18N2O4. The molecule has 1 atom stereocenters. The number of pyridine rings is 1. The highest BCUT2D eigenvalue weighted by molar-refractivity contribution is 5.97. The number of esters is 1. The first-order chi connectivity index (χ1) is 11.1. The molecule has 0 saturated carbocycles. The highest BCUT2D eigenvalue weighted by Gasteiger charge is 2.23. The normalized spacial score (nSPS) is 11.5. The Labute approximate surface area is 134 Å². The van der Waals surface area contributed by atoms with E-state index in [0.717, 1.165) is 5.56 Å². The SMILES string of the molecule is COC(=O)[C@H](CCc1ccccc1)NC(=O)c1ncccc1O. The molecule has 6 nitrogen and oxygen atoms in total. The van der Waals surface area contributed by atoms with Crippen molar-refractivity contribution < 1.29 is 19.4 Å². The molecule has 0 unspecified atom stereocenters. The molecule has 0 bridgehead atoms. The lowest BCUT2D eigenvalue weighted by molar-refractivity contribution is -0.143. The Morgan fingerprint density at radius 3 is 2.61 bits per heavy atom. The Balaban J connectivity index is 2.05. The minimum atomic E-state index is -0.811. The number of aromatic hydroxyl groups is 1. The molecule has 0 aliphatic carbocycles. The average Bonchev–Trinajstić information content (AvgIpc) is 2.59. The van der Waals surface area contributed by atoms with E-state index in [0.29, 0.717) is 12.8 Å². The Hall–Kier alpha value is -2.89. The fourth-order valence-corrected chi connectivity index (χ4v) is 2.15. The number of aryl methyl sites for hydroxylation is 1. The van der Waals surface area contributed by atoms with E-state index in [1.165, 1.54) is 25.4 Å². The van der Waals surface area contributed by atoms with E-state index >= 15 is 0 Å². The molecule has 0 fully saturated rings. The molecule has 23 heavy (non-hydrogen) atoms. The van der Waals surface area contributed by atoms with E-state index in [2.05, 4.69) is 10.3 Å². The number of ether oxygens (including phenoxy) is 1. The lowest BCUT2D eigenvalue weighted by atomic mass is 10.1. The molecule has 6 heteroatoms. The molecule has 120 valence electrons. The summed E-state index contributed by atoms with van der Waals surface area (Å²) in [5.74, 6) is -1.40. The van der Waals surface area contributed by atoms with Gasteiger partial charge >= 0.3 is 5.97 Å². The first kappa shape index (κ1) is 16.5. The second-order valence-corrected chi connectivity index (χ2v) is 4.94. The first-order valence-corrected chi connectivity index (χ1v) is 7.18. The predicted octanol–water partition coefficient (Wildman–Crippen LogP) is 1.69. The average molecular weight is 314 g/mol. The van der Waals surface area contributed by atoms with E-state index in [-0.39, 0.29) is 11.4 Å². The Kier molecular flexibility index (Phi) is 5.68. The number of hydrogen-bond donors (Lipinski definition) is 2. The summed E-state index contributed by atoms with van der Waals surface area (Å²) in [5, 5.41) is 12.2. The quantitative estimate of drug-likeness (QED) is 0.792. The van der Waals surface area contributed by atoms with Crippen molar-refractivity contribution in [2.75, 3.05) is 7.11 Å². The van der Waals surface area contributed by atoms with Crippen LogP contribution in [0.4, 0.5) is 0 Å². The molecular weight excluding hydrogens is 296 g/mol. The van der Waals surface area contributed by atoms with Gasteiger partial charge in [0.1, 0.15) is 11.8 Å². The monoisotopic (exact) mass is 314 g/mol. The zero-order valence-corrected chi connectivity index (χ0v) is 12.7. The van der Waals surface area contributed by atoms with Crippen LogP contribution in [0.2, 0.25) is 0 Å². The number of nitrogens with one attached hydrogen (secondary N) is 1. The maximum absolute atomic E-state index is 12.2. The van der Waals surface area contributed by atoms with Crippen LogP contribution in [0.5, 0.6) is 5.75 Å². The summed E-state index contributed by atoms with van der Waals surface area (Å²) < 4.78 is 4.73. The van der Waals surface area contributed by atoms with Gasteiger partial charge in [0.05, 0.1) is 7.11 Å². The number of carbonyl (C=O) groups excluding carboxylic acids is 2. The molecule has 2 aromatic rings. The largest absolute Gasteiger partial charge is 0.505 e. The molecule has 1 amide bonds. The van der Waals surface area contributed by atoms with Crippen LogP contribution >= 0.6 is 0 Å². The van der Waals surface area contributed by atoms with Gasteiger partial charge in [0, 0.05) is 6.20 Å². The summed E-state index contributed by atoms with van der Waals surface area (Å²) in [6, 6.07) is 11.7. The van der Waals surface area contributed by atoms with Crippen LogP contribution in [0.25, 0.3) is 0 Å². The maximum Gasteiger partial charge on any atom is 0.328 e. The molecule has 2 N–H and O–H groups in total. The van der Waals surface area contributed by atoms with Gasteiger partial charge in [0.2, 0.25) is 0 Å². The fraction of sp³-hybridized carbons (Fsp3) is 0.235. The van der Waals surface area contributed by atoms with Gasteiger partial charge in [-0.2, -0.15) is 0 Å². The fourth-order valence-electron chi connectivity index (χ4n) is 2.15. The third-order valence-corrected chi connectivity index (χ3v) is 3.36. The van der Waals surface area contributed by atoms with E-state index < -0.39 is 17.9 Å². The number of aromatic nitrogens is 1. The summed E-state index contributed by atoms with van der Waals surface area (Å²) in [4.78, 5) is 27.9. The summed E-state index contributed by atoms with van der Waals surface area (Å²) in [7, 11) is 1.27. The summed E-state index contributed by atoms with van der Waals surface area (Å²) in [6.07, 6.45) is 2.39. The molecule has 1 aromatic carbocycles. The number of amides is 1. The summed E-state index contributed by atoms with van der Waals surface area (Å²) in [6.45, 7) is 0. The standard InChI is InChI=1S/C17H18N2O4/c1-23-17(22)13(10-9-12-6-3-2-4-7-12)19-16(21)15-14(20)8-5-11-18-15/h2-8,11,13,20H,9-10H2,1H3,(H,19,21)/t13-/m0/s1. The van der Waals surface area contributed by atoms with Crippen molar-refractivity contribution in [3.05, 3.63) is 59.9 Å². The zero-order valence-electron chi connectivity index (χ0n) is 12.7. The molecule has 1 heterocycles. The Bertz CT molecular complexity index is 673. The minimum Gasteiger partial charge on any atom is -0.505 e. The summed E-state index contributed by atoms with van der Waals surface area (Å²) in [5.41, 5.74) is 0.928. The number of rotatable bonds is 6. The number of benzene rings is 1.